The molecular formula is C39H40Cl2N6O3. The van der Waals surface area contributed by atoms with Crippen molar-refractivity contribution in [3.63, 3.8) is 0 Å². The number of hydrogen-bond donors (Lipinski definition) is 4. The maximum Gasteiger partial charge on any atom is 0.220 e. The molecule has 2 saturated heterocycles. The zero-order valence-electron chi connectivity index (χ0n) is 28.1. The van der Waals surface area contributed by atoms with E-state index in [9.17, 15) is 9.59 Å². The monoisotopic (exact) mass is 710 g/mol. The number of hydrogen-bond acceptors (Lipinski definition) is 6. The van der Waals surface area contributed by atoms with Crippen LogP contribution in [-0.2, 0) is 29.7 Å². The Kier molecular flexibility index (Phi) is 10.1. The first-order chi connectivity index (χ1) is 24.3. The number of aryl methyl sites for hydroxylation is 1. The lowest BCUT2D eigenvalue weighted by Crippen LogP contribution is -2.35. The number of carbonyl (C=O) groups is 2. The van der Waals surface area contributed by atoms with E-state index in [4.69, 9.17) is 32.9 Å². The molecule has 2 amide bonds. The minimum Gasteiger partial charge on any atom is -0.481 e. The molecule has 9 nitrogen and oxygen atoms in total. The van der Waals surface area contributed by atoms with Crippen LogP contribution in [0.1, 0.15) is 36.8 Å². The van der Waals surface area contributed by atoms with Gasteiger partial charge < -0.3 is 30.6 Å². The Morgan fingerprint density at radius 3 is 2.02 bits per heavy atom. The topological polar surface area (TPSA) is 109 Å². The van der Waals surface area contributed by atoms with Crippen molar-refractivity contribution in [2.45, 2.75) is 50.9 Å². The van der Waals surface area contributed by atoms with Crippen LogP contribution in [0.15, 0.2) is 72.9 Å². The van der Waals surface area contributed by atoms with Crippen LogP contribution in [0.5, 0.6) is 5.88 Å². The summed E-state index contributed by atoms with van der Waals surface area (Å²) in [4.78, 5) is 27.9. The summed E-state index contributed by atoms with van der Waals surface area (Å²) in [5.41, 5.74) is 8.28. The van der Waals surface area contributed by atoms with Gasteiger partial charge in [-0.3, -0.25) is 9.59 Å². The molecule has 0 spiro atoms. The van der Waals surface area contributed by atoms with Gasteiger partial charge in [0.25, 0.3) is 0 Å². The minimum atomic E-state index is 0.105. The number of pyridine rings is 1. The van der Waals surface area contributed by atoms with E-state index in [0.29, 0.717) is 47.6 Å². The van der Waals surface area contributed by atoms with Crippen molar-refractivity contribution in [1.82, 2.24) is 30.8 Å². The number of nitrogens with one attached hydrogen (secondary N) is 4. The van der Waals surface area contributed by atoms with Gasteiger partial charge in [-0.2, -0.15) is 0 Å². The Bertz CT molecular complexity index is 2080. The number of halogens is 2. The number of nitrogens with zero attached hydrogens (tertiary/aromatic N) is 2. The van der Waals surface area contributed by atoms with Gasteiger partial charge in [0, 0.05) is 103 Å². The third-order valence-electron chi connectivity index (χ3n) is 9.66. The van der Waals surface area contributed by atoms with E-state index in [-0.39, 0.29) is 23.9 Å². The van der Waals surface area contributed by atoms with Crippen LogP contribution in [0.4, 0.5) is 0 Å². The molecule has 50 heavy (non-hydrogen) atoms. The number of aromatic nitrogens is 2. The average molecular weight is 712 g/mol. The zero-order chi connectivity index (χ0) is 34.8. The fourth-order valence-electron chi connectivity index (χ4n) is 7.03. The van der Waals surface area contributed by atoms with Crippen LogP contribution in [0.25, 0.3) is 44.4 Å². The van der Waals surface area contributed by atoms with Crippen LogP contribution in [0, 0.1) is 0 Å². The lowest BCUT2D eigenvalue weighted by atomic mass is 9.96. The number of carbonyl (C=O) groups excluding carboxylic acids is 2. The first-order valence-electron chi connectivity index (χ1n) is 17.0. The molecule has 4 heterocycles. The summed E-state index contributed by atoms with van der Waals surface area (Å²) < 4.78 is 7.81. The van der Waals surface area contributed by atoms with E-state index in [1.54, 1.807) is 7.11 Å². The Hall–Kier alpha value is -4.41. The second kappa shape index (κ2) is 14.8. The zero-order valence-corrected chi connectivity index (χ0v) is 29.6. The maximum atomic E-state index is 11.6. The molecule has 5 aromatic rings. The van der Waals surface area contributed by atoms with Crippen molar-refractivity contribution in [2.75, 3.05) is 20.2 Å². The molecular weight excluding hydrogens is 671 g/mol. The molecule has 0 aliphatic carbocycles. The molecule has 11 heteroatoms. The summed E-state index contributed by atoms with van der Waals surface area (Å²) in [6.45, 7) is 2.72. The van der Waals surface area contributed by atoms with Gasteiger partial charge in [-0.05, 0) is 36.1 Å². The lowest BCUT2D eigenvalue weighted by Gasteiger charge is -2.16. The summed E-state index contributed by atoms with van der Waals surface area (Å²) >= 11 is 14.3. The fraction of sp³-hybridized carbons (Fsp3) is 0.308. The van der Waals surface area contributed by atoms with E-state index >= 15 is 0 Å². The van der Waals surface area contributed by atoms with Crippen LogP contribution in [0.2, 0.25) is 10.0 Å². The highest BCUT2D eigenvalue weighted by atomic mass is 35.5. The lowest BCUT2D eigenvalue weighted by molar-refractivity contribution is -0.120. The number of amides is 2. The van der Waals surface area contributed by atoms with Crippen molar-refractivity contribution < 1.29 is 14.3 Å². The van der Waals surface area contributed by atoms with Gasteiger partial charge in [-0.1, -0.05) is 77.8 Å². The highest BCUT2D eigenvalue weighted by Gasteiger charge is 2.22. The van der Waals surface area contributed by atoms with E-state index in [1.165, 1.54) is 10.9 Å². The molecule has 2 aromatic heterocycles. The predicted octanol–water partition coefficient (Wildman–Crippen LogP) is 6.63. The number of rotatable bonds is 12. The normalized spacial score (nSPS) is 17.4. The van der Waals surface area contributed by atoms with Gasteiger partial charge in [-0.25, -0.2) is 4.98 Å². The summed E-state index contributed by atoms with van der Waals surface area (Å²) in [7, 11) is 3.67. The number of fused-ring (bicyclic) bond motifs is 1. The van der Waals surface area contributed by atoms with Crippen LogP contribution >= 0.6 is 23.2 Å². The molecule has 2 fully saturated rings. The Morgan fingerprint density at radius 1 is 0.800 bits per heavy atom. The van der Waals surface area contributed by atoms with Crippen molar-refractivity contribution in [3.8, 4) is 39.4 Å². The van der Waals surface area contributed by atoms with E-state index in [2.05, 4.69) is 57.3 Å². The van der Waals surface area contributed by atoms with Gasteiger partial charge in [0.15, 0.2) is 0 Å². The molecule has 2 aliphatic heterocycles. The first kappa shape index (κ1) is 34.1. The quantitative estimate of drug-likeness (QED) is 0.116. The molecule has 3 aromatic carbocycles. The molecule has 7 rings (SSSR count). The van der Waals surface area contributed by atoms with Crippen LogP contribution in [0.3, 0.4) is 0 Å². The van der Waals surface area contributed by atoms with Gasteiger partial charge in [-0.15, -0.1) is 0 Å². The Balaban J connectivity index is 1.11. The first-order valence-corrected chi connectivity index (χ1v) is 17.7. The summed E-state index contributed by atoms with van der Waals surface area (Å²) in [6, 6.07) is 22.6. The predicted molar refractivity (Wildman–Crippen MR) is 199 cm³/mol. The Labute approximate surface area is 301 Å². The smallest absolute Gasteiger partial charge is 0.220 e. The number of methoxy groups -OCH3 is 1. The maximum absolute atomic E-state index is 11.6. The summed E-state index contributed by atoms with van der Waals surface area (Å²) in [5.74, 6) is 0.755. The molecule has 2 aliphatic rings. The largest absolute Gasteiger partial charge is 0.481 e. The van der Waals surface area contributed by atoms with Gasteiger partial charge in [0.05, 0.1) is 22.8 Å². The highest BCUT2D eigenvalue weighted by molar-refractivity contribution is 6.39. The second-order valence-electron chi connectivity index (χ2n) is 13.1. The fourth-order valence-corrected chi connectivity index (χ4v) is 7.69. The van der Waals surface area contributed by atoms with Crippen molar-refractivity contribution in [3.05, 3.63) is 94.1 Å². The number of ether oxygens (including phenoxy) is 1. The van der Waals surface area contributed by atoms with Gasteiger partial charge >= 0.3 is 0 Å². The SMILES string of the molecule is COc1nc(-c2cccc(-c3cccc(-c4ccc5c(CNC[C@H]6CCC(=O)N6)cn(C)c5c4)c3Cl)c2Cl)ccc1CNC[C@H]1CCC(=O)N1. The van der Waals surface area contributed by atoms with Crippen molar-refractivity contribution in [2.24, 2.45) is 7.05 Å². The molecule has 4 N–H and O–H groups in total. The van der Waals surface area contributed by atoms with Crippen molar-refractivity contribution in [1.29, 1.82) is 0 Å². The third-order valence-corrected chi connectivity index (χ3v) is 10.5. The second-order valence-corrected chi connectivity index (χ2v) is 13.8. The molecule has 258 valence electrons. The summed E-state index contributed by atoms with van der Waals surface area (Å²) in [6.07, 6.45) is 5.06. The highest BCUT2D eigenvalue weighted by Crippen LogP contribution is 2.43. The van der Waals surface area contributed by atoms with Crippen LogP contribution in [-0.4, -0.2) is 53.6 Å². The number of benzene rings is 3. The third kappa shape index (κ3) is 7.09. The molecule has 0 radical (unpaired) electrons. The van der Waals surface area contributed by atoms with Gasteiger partial charge in [0.1, 0.15) is 0 Å². The molecule has 2 atom stereocenters. The van der Waals surface area contributed by atoms with Crippen molar-refractivity contribution >= 4 is 45.9 Å². The Morgan fingerprint density at radius 2 is 1.40 bits per heavy atom. The minimum absolute atomic E-state index is 0.105. The van der Waals surface area contributed by atoms with Crippen LogP contribution < -0.4 is 26.0 Å². The summed E-state index contributed by atoms with van der Waals surface area (Å²) in [5, 5.41) is 15.3. The van der Waals surface area contributed by atoms with Gasteiger partial charge in [0.2, 0.25) is 17.7 Å². The van der Waals surface area contributed by atoms with E-state index < -0.39 is 0 Å². The molecule has 0 bridgehead atoms. The molecule has 0 saturated carbocycles. The average Bonchev–Trinajstić information content (AvgIpc) is 3.83. The molecule has 0 unspecified atom stereocenters. The van der Waals surface area contributed by atoms with E-state index in [1.807, 2.05) is 48.5 Å². The van der Waals surface area contributed by atoms with E-state index in [0.717, 1.165) is 64.8 Å². The standard InChI is InChI=1S/C39H40Cl2N6O3/c1-47-22-25(19-43-21-27-12-16-36(49)45-27)28-13-9-23(17-34(28)47)29-5-3-6-30(37(29)40)31-7-4-8-32(38(31)41)33-14-10-24(39(46-33)50-2)18-42-20-26-11-15-35(48)44-26/h3-10,13-14,17,22,26-27,42-43H,11-12,15-16,18-21H2,1-2H3,(H,44,48)(H,45,49)/t26-,27-/m1/s1.